The van der Waals surface area contributed by atoms with Crippen LogP contribution in [0.25, 0.3) is 11.4 Å². The molecule has 0 spiro atoms. The Morgan fingerprint density at radius 1 is 1.15 bits per heavy atom. The van der Waals surface area contributed by atoms with Crippen molar-refractivity contribution >= 4 is 11.6 Å². The van der Waals surface area contributed by atoms with E-state index in [9.17, 15) is 18.4 Å². The third-order valence-electron chi connectivity index (χ3n) is 8.89. The van der Waals surface area contributed by atoms with Crippen molar-refractivity contribution in [1.82, 2.24) is 30.0 Å². The summed E-state index contributed by atoms with van der Waals surface area (Å²) in [5.41, 5.74) is 2.39. The smallest absolute Gasteiger partial charge is 0.443 e. The summed E-state index contributed by atoms with van der Waals surface area (Å²) in [4.78, 5) is 14.5. The Kier molecular flexibility index (Phi) is 7.40. The first-order valence-electron chi connectivity index (χ1n) is 14.8. The lowest BCUT2D eigenvalue weighted by molar-refractivity contribution is -0.144. The molecule has 7 rings (SSSR count). The zero-order valence-corrected chi connectivity index (χ0v) is 25.4. The van der Waals surface area contributed by atoms with Crippen LogP contribution < -0.4 is 9.47 Å². The summed E-state index contributed by atoms with van der Waals surface area (Å²) >= 11 is 6.00. The van der Waals surface area contributed by atoms with Gasteiger partial charge in [0.05, 0.1) is 22.2 Å². The van der Waals surface area contributed by atoms with Gasteiger partial charge in [-0.1, -0.05) is 23.7 Å². The summed E-state index contributed by atoms with van der Waals surface area (Å²) in [6.45, 7) is 2.77. The third kappa shape index (κ3) is 5.76. The molecule has 0 bridgehead atoms. The number of halogens is 5. The molecule has 0 amide bonds. The van der Waals surface area contributed by atoms with Crippen molar-refractivity contribution in [1.29, 1.82) is 5.26 Å². The van der Waals surface area contributed by atoms with E-state index in [0.29, 0.717) is 65.0 Å². The highest BCUT2D eigenvalue weighted by molar-refractivity contribution is 6.30. The number of piperidine rings is 1. The van der Waals surface area contributed by atoms with Crippen LogP contribution in [0.15, 0.2) is 48.8 Å². The van der Waals surface area contributed by atoms with Crippen molar-refractivity contribution in [2.75, 3.05) is 13.1 Å². The molecule has 1 aliphatic carbocycles. The Morgan fingerprint density at radius 2 is 1.98 bits per heavy atom. The number of alkyl halides is 4. The minimum atomic E-state index is -4.66. The van der Waals surface area contributed by atoms with Gasteiger partial charge in [0.1, 0.15) is 11.9 Å². The Hall–Kier alpha value is -4.28. The van der Waals surface area contributed by atoms with Gasteiger partial charge >= 0.3 is 6.18 Å². The second-order valence-corrected chi connectivity index (χ2v) is 12.7. The van der Waals surface area contributed by atoms with Crippen molar-refractivity contribution in [3.8, 4) is 29.0 Å². The van der Waals surface area contributed by atoms with Gasteiger partial charge in [-0.25, -0.2) is 9.37 Å². The van der Waals surface area contributed by atoms with E-state index in [0.717, 1.165) is 18.4 Å². The second kappa shape index (κ2) is 11.2. The average Bonchev–Trinajstić information content (AvgIpc) is 3.42. The molecule has 5 heterocycles. The van der Waals surface area contributed by atoms with E-state index in [1.54, 1.807) is 31.2 Å². The summed E-state index contributed by atoms with van der Waals surface area (Å²) in [7, 11) is 0. The first kappa shape index (κ1) is 30.4. The van der Waals surface area contributed by atoms with Gasteiger partial charge in [-0.15, -0.1) is 0 Å². The van der Waals surface area contributed by atoms with Crippen molar-refractivity contribution in [3.05, 3.63) is 82.2 Å². The molecule has 238 valence electrons. The highest BCUT2D eigenvalue weighted by atomic mass is 35.5. The number of pyridine rings is 2. The summed E-state index contributed by atoms with van der Waals surface area (Å²) < 4.78 is 67.8. The van der Waals surface area contributed by atoms with Crippen molar-refractivity contribution in [2.24, 2.45) is 5.41 Å². The highest BCUT2D eigenvalue weighted by Gasteiger charge is 2.45. The molecule has 2 fully saturated rings. The predicted octanol–water partition coefficient (Wildman–Crippen LogP) is 6.75. The molecule has 0 radical (unpaired) electrons. The number of aromatic amines is 1. The van der Waals surface area contributed by atoms with E-state index < -0.39 is 35.3 Å². The number of nitriles is 1. The highest BCUT2D eigenvalue weighted by Crippen LogP contribution is 2.50. The Labute approximate surface area is 266 Å². The van der Waals surface area contributed by atoms with Crippen LogP contribution in [0.5, 0.6) is 11.5 Å². The predicted molar refractivity (Wildman–Crippen MR) is 157 cm³/mol. The van der Waals surface area contributed by atoms with Crippen LogP contribution in [0.2, 0.25) is 5.02 Å². The monoisotopic (exact) mass is 653 g/mol. The van der Waals surface area contributed by atoms with Gasteiger partial charge in [0.2, 0.25) is 5.82 Å². The van der Waals surface area contributed by atoms with Crippen LogP contribution in [0.1, 0.15) is 60.4 Å². The van der Waals surface area contributed by atoms with Crippen LogP contribution in [0.3, 0.4) is 0 Å². The normalized spacial score (nSPS) is 23.7. The van der Waals surface area contributed by atoms with Crippen LogP contribution in [-0.2, 0) is 24.9 Å². The number of para-hydroxylation sites is 1. The lowest BCUT2D eigenvalue weighted by Gasteiger charge is -2.35. The van der Waals surface area contributed by atoms with Crippen LogP contribution in [0.4, 0.5) is 17.6 Å². The van der Waals surface area contributed by atoms with Crippen molar-refractivity contribution in [3.63, 3.8) is 0 Å². The molecular weight excluding hydrogens is 626 g/mol. The lowest BCUT2D eigenvalue weighted by atomic mass is 9.87. The molecule has 46 heavy (non-hydrogen) atoms. The number of H-pyrrole nitrogens is 1. The SMILES string of the molecule is C[C@]1(c2ccc(Cl)cn2)Oc2cccc([C@H]3CCN(Cc4ncc(-c5n[nH]c(C(F)(F)F)n5)cc4CC4(C#N)CC4)C[C@@H]3F)c2O1. The van der Waals surface area contributed by atoms with Gasteiger partial charge in [0.25, 0.3) is 5.79 Å². The maximum absolute atomic E-state index is 16.0. The molecule has 1 saturated heterocycles. The molecule has 4 aromatic rings. The average molecular weight is 654 g/mol. The number of benzene rings is 1. The standard InChI is InChI=1S/C32H28ClF4N7O2/c1-30(26-6-5-20(33)14-40-26)45-25-4-2-3-22(27(25)46-30)21-7-10-44(15-23(21)34)16-24-18(12-31(17-38)8-9-31)11-19(13-39-24)28-41-29(43-42-28)32(35,36)37/h2-6,11,13-14,21,23H,7-10,12,15-16H2,1H3,(H,41,42,43)/t21-,23+,30+/m1/s1. The molecule has 1 saturated carbocycles. The van der Waals surface area contributed by atoms with E-state index in [2.05, 4.69) is 26.1 Å². The Bertz CT molecular complexity index is 1820. The minimum Gasteiger partial charge on any atom is -0.443 e. The first-order valence-corrected chi connectivity index (χ1v) is 15.2. The van der Waals surface area contributed by atoms with Gasteiger partial charge in [0.15, 0.2) is 17.3 Å². The number of nitrogens with zero attached hydrogens (tertiary/aromatic N) is 6. The largest absolute Gasteiger partial charge is 0.451 e. The van der Waals surface area contributed by atoms with E-state index in [4.69, 9.17) is 21.1 Å². The van der Waals surface area contributed by atoms with Gasteiger partial charge < -0.3 is 9.47 Å². The molecule has 2 aliphatic heterocycles. The maximum atomic E-state index is 16.0. The second-order valence-electron chi connectivity index (χ2n) is 12.2. The number of rotatable bonds is 7. The fraction of sp³-hybridized carbons (Fsp3) is 0.406. The fourth-order valence-corrected chi connectivity index (χ4v) is 6.29. The number of aromatic nitrogens is 5. The van der Waals surface area contributed by atoms with E-state index >= 15 is 4.39 Å². The molecule has 3 atom stereocenters. The summed E-state index contributed by atoms with van der Waals surface area (Å²) in [5, 5.41) is 15.9. The first-order chi connectivity index (χ1) is 22.0. The van der Waals surface area contributed by atoms with Crippen molar-refractivity contribution < 1.29 is 27.0 Å². The van der Waals surface area contributed by atoms with Crippen LogP contribution >= 0.6 is 11.6 Å². The summed E-state index contributed by atoms with van der Waals surface area (Å²) in [6.07, 6.45) is -0.608. The van der Waals surface area contributed by atoms with E-state index in [-0.39, 0.29) is 12.4 Å². The number of hydrogen-bond acceptors (Lipinski definition) is 8. The Morgan fingerprint density at radius 3 is 2.65 bits per heavy atom. The van der Waals surface area contributed by atoms with Gasteiger partial charge in [-0.3, -0.25) is 20.0 Å². The van der Waals surface area contributed by atoms with Crippen molar-refractivity contribution in [2.45, 2.75) is 63.2 Å². The van der Waals surface area contributed by atoms with Crippen LogP contribution in [-0.4, -0.2) is 49.3 Å². The quantitative estimate of drug-likeness (QED) is 0.218. The Balaban J connectivity index is 1.09. The van der Waals surface area contributed by atoms with Gasteiger partial charge in [0, 0.05) is 49.5 Å². The summed E-state index contributed by atoms with van der Waals surface area (Å²) in [5.74, 6) is -1.95. The lowest BCUT2D eigenvalue weighted by Crippen LogP contribution is -2.40. The minimum absolute atomic E-state index is 0.132. The molecule has 9 nitrogen and oxygen atoms in total. The maximum Gasteiger partial charge on any atom is 0.451 e. The van der Waals surface area contributed by atoms with Crippen LogP contribution in [0, 0.1) is 16.7 Å². The molecule has 14 heteroatoms. The fourth-order valence-electron chi connectivity index (χ4n) is 6.18. The number of ether oxygens (including phenoxy) is 2. The van der Waals surface area contributed by atoms with Gasteiger partial charge in [-0.05, 0) is 62.1 Å². The third-order valence-corrected chi connectivity index (χ3v) is 9.12. The molecule has 0 unspecified atom stereocenters. The molecule has 3 aromatic heterocycles. The van der Waals surface area contributed by atoms with E-state index in [1.807, 2.05) is 22.1 Å². The number of likely N-dealkylation sites (tertiary alicyclic amines) is 1. The van der Waals surface area contributed by atoms with Gasteiger partial charge in [-0.2, -0.15) is 23.5 Å². The summed E-state index contributed by atoms with van der Waals surface area (Å²) in [6, 6.07) is 13.0. The molecule has 1 N–H and O–H groups in total. The molecular formula is C32H28ClF4N7O2. The van der Waals surface area contributed by atoms with E-state index in [1.165, 1.54) is 12.4 Å². The number of fused-ring (bicyclic) bond motifs is 1. The zero-order chi connectivity index (χ0) is 32.3. The number of nitrogens with one attached hydrogen (secondary N) is 1. The molecule has 3 aliphatic rings. The molecule has 1 aromatic carbocycles. The topological polar surface area (TPSA) is 113 Å². The zero-order valence-electron chi connectivity index (χ0n) is 24.6. The number of hydrogen-bond donors (Lipinski definition) is 1.